The van der Waals surface area contributed by atoms with Crippen molar-refractivity contribution in [2.45, 2.75) is 40.5 Å². The summed E-state index contributed by atoms with van der Waals surface area (Å²) in [5, 5.41) is 0. The first-order valence-electron chi connectivity index (χ1n) is 8.07. The molecule has 0 aromatic heterocycles. The number of methoxy groups -OCH3 is 1. The third-order valence-corrected chi connectivity index (χ3v) is 3.95. The van der Waals surface area contributed by atoms with E-state index >= 15 is 0 Å². The Hall–Kier alpha value is -1.14. The van der Waals surface area contributed by atoms with E-state index in [2.05, 4.69) is 0 Å². The molecule has 0 aromatic carbocycles. The number of ether oxygens (including phenoxy) is 3. The minimum absolute atomic E-state index is 0.217. The SMILES string of the molecule is CCC(C)(CC(C)(C)C(=O)OCCOC)C(=O)OCCN(C)C. The van der Waals surface area contributed by atoms with Gasteiger partial charge in [0.2, 0.25) is 0 Å². The van der Waals surface area contributed by atoms with Crippen LogP contribution in [-0.2, 0) is 23.8 Å². The molecule has 1 atom stereocenters. The molecule has 6 nitrogen and oxygen atoms in total. The fourth-order valence-electron chi connectivity index (χ4n) is 2.30. The highest BCUT2D eigenvalue weighted by Crippen LogP contribution is 2.38. The number of carbonyl (C=O) groups is 2. The van der Waals surface area contributed by atoms with Crippen LogP contribution in [0.2, 0.25) is 0 Å². The van der Waals surface area contributed by atoms with Gasteiger partial charge in [-0.3, -0.25) is 9.59 Å². The second-order valence-electron chi connectivity index (χ2n) is 7.04. The number of hydrogen-bond donors (Lipinski definition) is 0. The summed E-state index contributed by atoms with van der Waals surface area (Å²) in [6.07, 6.45) is 0.978. The maximum absolute atomic E-state index is 12.4. The third kappa shape index (κ3) is 7.79. The maximum Gasteiger partial charge on any atom is 0.311 e. The fraction of sp³-hybridized carbons (Fsp3) is 0.882. The highest BCUT2D eigenvalue weighted by Gasteiger charge is 2.42. The van der Waals surface area contributed by atoms with E-state index in [1.807, 2.05) is 32.8 Å². The van der Waals surface area contributed by atoms with E-state index < -0.39 is 10.8 Å². The second kappa shape index (κ2) is 9.88. The molecule has 0 spiro atoms. The number of hydrogen-bond acceptors (Lipinski definition) is 6. The molecule has 0 aliphatic rings. The predicted molar refractivity (Wildman–Crippen MR) is 89.1 cm³/mol. The smallest absolute Gasteiger partial charge is 0.311 e. The molecule has 0 aliphatic heterocycles. The van der Waals surface area contributed by atoms with E-state index in [0.717, 1.165) is 0 Å². The summed E-state index contributed by atoms with van der Waals surface area (Å²) in [6, 6.07) is 0. The summed E-state index contributed by atoms with van der Waals surface area (Å²) in [7, 11) is 5.40. The minimum Gasteiger partial charge on any atom is -0.464 e. The molecule has 0 radical (unpaired) electrons. The lowest BCUT2D eigenvalue weighted by molar-refractivity contribution is -0.163. The van der Waals surface area contributed by atoms with Crippen LogP contribution in [0.1, 0.15) is 40.5 Å². The lowest BCUT2D eigenvalue weighted by Crippen LogP contribution is -2.39. The van der Waals surface area contributed by atoms with Crippen LogP contribution in [0.5, 0.6) is 0 Å². The van der Waals surface area contributed by atoms with Crippen LogP contribution in [0.4, 0.5) is 0 Å². The fourth-order valence-corrected chi connectivity index (χ4v) is 2.30. The van der Waals surface area contributed by atoms with Crippen LogP contribution in [0.25, 0.3) is 0 Å². The standard InChI is InChI=1S/C17H33NO5/c1-8-17(4,15(20)22-10-9-18(5)6)13-16(2,3)14(19)23-12-11-21-7/h8-13H2,1-7H3. The Kier molecular flexibility index (Phi) is 9.39. The Morgan fingerprint density at radius 2 is 1.52 bits per heavy atom. The molecule has 0 saturated carbocycles. The summed E-state index contributed by atoms with van der Waals surface area (Å²) in [5.41, 5.74) is -1.48. The number of likely N-dealkylation sites (N-methyl/N-ethyl adjacent to an activating group) is 1. The Bertz CT molecular complexity index is 381. The van der Waals surface area contributed by atoms with Crippen molar-refractivity contribution in [1.82, 2.24) is 4.90 Å². The first kappa shape index (κ1) is 21.9. The lowest BCUT2D eigenvalue weighted by atomic mass is 9.72. The monoisotopic (exact) mass is 331 g/mol. The molecule has 1 unspecified atom stereocenters. The molecule has 0 fully saturated rings. The minimum atomic E-state index is -0.765. The number of rotatable bonds is 11. The summed E-state index contributed by atoms with van der Waals surface area (Å²) in [5.74, 6) is -0.588. The third-order valence-electron chi connectivity index (χ3n) is 3.95. The molecule has 0 N–H and O–H groups in total. The largest absolute Gasteiger partial charge is 0.464 e. The van der Waals surface area contributed by atoms with Gasteiger partial charge in [0.1, 0.15) is 13.2 Å². The summed E-state index contributed by atoms with van der Waals surface area (Å²) in [6.45, 7) is 8.96. The lowest BCUT2D eigenvalue weighted by Gasteiger charge is -2.33. The zero-order valence-electron chi connectivity index (χ0n) is 15.7. The summed E-state index contributed by atoms with van der Waals surface area (Å²) in [4.78, 5) is 26.6. The molecule has 0 bridgehead atoms. The Balaban J connectivity index is 4.73. The van der Waals surface area contributed by atoms with E-state index in [1.165, 1.54) is 0 Å². The zero-order chi connectivity index (χ0) is 18.1. The highest BCUT2D eigenvalue weighted by atomic mass is 16.6. The first-order chi connectivity index (χ1) is 10.6. The zero-order valence-corrected chi connectivity index (χ0v) is 15.7. The molecule has 23 heavy (non-hydrogen) atoms. The first-order valence-corrected chi connectivity index (χ1v) is 8.07. The van der Waals surface area contributed by atoms with Crippen LogP contribution in [-0.4, -0.2) is 64.4 Å². The van der Waals surface area contributed by atoms with Crippen molar-refractivity contribution in [3.8, 4) is 0 Å². The Morgan fingerprint density at radius 3 is 2.00 bits per heavy atom. The predicted octanol–water partition coefficient (Wildman–Crippen LogP) is 2.11. The Labute approximate surface area is 140 Å². The number of carbonyl (C=O) groups excluding carboxylic acids is 2. The van der Waals surface area contributed by atoms with E-state index in [-0.39, 0.29) is 18.5 Å². The van der Waals surface area contributed by atoms with Gasteiger partial charge in [-0.05, 0) is 47.7 Å². The van der Waals surface area contributed by atoms with E-state index in [9.17, 15) is 9.59 Å². The summed E-state index contributed by atoms with van der Waals surface area (Å²) >= 11 is 0. The normalized spacial score (nSPS) is 14.4. The number of nitrogens with zero attached hydrogens (tertiary/aromatic N) is 1. The molecule has 0 aromatic rings. The van der Waals surface area contributed by atoms with Crippen LogP contribution in [0, 0.1) is 10.8 Å². The van der Waals surface area contributed by atoms with Crippen molar-refractivity contribution in [3.63, 3.8) is 0 Å². The molecular weight excluding hydrogens is 298 g/mol. The van der Waals surface area contributed by atoms with Gasteiger partial charge < -0.3 is 19.1 Å². The average molecular weight is 331 g/mol. The van der Waals surface area contributed by atoms with Crippen LogP contribution in [0.3, 0.4) is 0 Å². The average Bonchev–Trinajstić information content (AvgIpc) is 2.46. The van der Waals surface area contributed by atoms with Crippen LogP contribution >= 0.6 is 0 Å². The molecule has 0 aliphatic carbocycles. The molecule has 136 valence electrons. The van der Waals surface area contributed by atoms with Crippen molar-refractivity contribution in [2.75, 3.05) is 47.6 Å². The van der Waals surface area contributed by atoms with Crippen molar-refractivity contribution < 1.29 is 23.8 Å². The van der Waals surface area contributed by atoms with Crippen molar-refractivity contribution in [2.24, 2.45) is 10.8 Å². The molecular formula is C17H33NO5. The van der Waals surface area contributed by atoms with Crippen molar-refractivity contribution in [3.05, 3.63) is 0 Å². The van der Waals surface area contributed by atoms with Gasteiger partial charge in [0, 0.05) is 13.7 Å². The van der Waals surface area contributed by atoms with E-state index in [0.29, 0.717) is 32.6 Å². The van der Waals surface area contributed by atoms with Crippen molar-refractivity contribution in [1.29, 1.82) is 0 Å². The maximum atomic E-state index is 12.4. The van der Waals surface area contributed by atoms with E-state index in [4.69, 9.17) is 14.2 Å². The number of esters is 2. The molecule has 0 saturated heterocycles. The molecule has 0 amide bonds. The van der Waals surface area contributed by atoms with Gasteiger partial charge in [0.05, 0.1) is 17.4 Å². The highest BCUT2D eigenvalue weighted by molar-refractivity contribution is 5.80. The summed E-state index contributed by atoms with van der Waals surface area (Å²) < 4.78 is 15.5. The Morgan fingerprint density at radius 1 is 0.957 bits per heavy atom. The van der Waals surface area contributed by atoms with Gasteiger partial charge in [-0.25, -0.2) is 0 Å². The molecule has 0 heterocycles. The van der Waals surface area contributed by atoms with E-state index in [1.54, 1.807) is 21.0 Å². The second-order valence-corrected chi connectivity index (χ2v) is 7.04. The van der Waals surface area contributed by atoms with Gasteiger partial charge in [0.15, 0.2) is 0 Å². The van der Waals surface area contributed by atoms with Gasteiger partial charge in [-0.1, -0.05) is 6.92 Å². The van der Waals surface area contributed by atoms with Gasteiger partial charge in [-0.15, -0.1) is 0 Å². The van der Waals surface area contributed by atoms with Gasteiger partial charge in [-0.2, -0.15) is 0 Å². The van der Waals surface area contributed by atoms with Crippen LogP contribution in [0.15, 0.2) is 0 Å². The van der Waals surface area contributed by atoms with Crippen LogP contribution < -0.4 is 0 Å². The quantitative estimate of drug-likeness (QED) is 0.427. The van der Waals surface area contributed by atoms with Gasteiger partial charge in [0.25, 0.3) is 0 Å². The molecule has 0 rings (SSSR count). The van der Waals surface area contributed by atoms with Gasteiger partial charge >= 0.3 is 11.9 Å². The molecule has 6 heteroatoms. The topological polar surface area (TPSA) is 65.1 Å². The van der Waals surface area contributed by atoms with Crippen molar-refractivity contribution >= 4 is 11.9 Å².